The number of hydrogen-bond donors (Lipinski definition) is 1. The molecular formula is C21H26N2O3S2. The lowest BCUT2D eigenvalue weighted by atomic mass is 10.0. The van der Waals surface area contributed by atoms with Gasteiger partial charge in [-0.2, -0.15) is 4.31 Å². The number of carbonyl (C=O) groups is 1. The molecule has 1 N–H and O–H groups in total. The highest BCUT2D eigenvalue weighted by molar-refractivity contribution is 7.99. The zero-order valence-electron chi connectivity index (χ0n) is 16.2. The zero-order valence-corrected chi connectivity index (χ0v) is 17.9. The van der Waals surface area contributed by atoms with Crippen molar-refractivity contribution in [3.05, 3.63) is 54.1 Å². The minimum Gasteiger partial charge on any atom is -0.322 e. The fraction of sp³-hybridized carbons (Fsp3) is 0.381. The van der Waals surface area contributed by atoms with E-state index < -0.39 is 10.0 Å². The van der Waals surface area contributed by atoms with Crippen LogP contribution in [-0.2, 0) is 10.0 Å². The highest BCUT2D eigenvalue weighted by Crippen LogP contribution is 2.26. The van der Waals surface area contributed by atoms with Gasteiger partial charge in [-0.25, -0.2) is 8.42 Å². The predicted octanol–water partition coefficient (Wildman–Crippen LogP) is 4.47. The van der Waals surface area contributed by atoms with Gasteiger partial charge in [0.2, 0.25) is 10.0 Å². The molecule has 1 amide bonds. The average Bonchev–Trinajstić information content (AvgIpc) is 2.69. The van der Waals surface area contributed by atoms with Gasteiger partial charge in [0, 0.05) is 23.7 Å². The lowest BCUT2D eigenvalue weighted by Crippen LogP contribution is -2.39. The maximum absolute atomic E-state index is 12.8. The average molecular weight is 419 g/mol. The van der Waals surface area contributed by atoms with E-state index in [1.165, 1.54) is 0 Å². The van der Waals surface area contributed by atoms with Gasteiger partial charge in [0.25, 0.3) is 5.91 Å². The minimum atomic E-state index is -3.49. The highest BCUT2D eigenvalue weighted by Gasteiger charge is 2.28. The van der Waals surface area contributed by atoms with Crippen LogP contribution in [0.5, 0.6) is 0 Å². The summed E-state index contributed by atoms with van der Waals surface area (Å²) in [4.78, 5) is 13.8. The third-order valence-electron chi connectivity index (χ3n) is 4.80. The van der Waals surface area contributed by atoms with Crippen molar-refractivity contribution in [3.63, 3.8) is 0 Å². The first-order valence-corrected chi connectivity index (χ1v) is 12.0. The van der Waals surface area contributed by atoms with E-state index in [0.717, 1.165) is 23.5 Å². The quantitative estimate of drug-likeness (QED) is 0.703. The number of piperidine rings is 1. The van der Waals surface area contributed by atoms with Gasteiger partial charge in [0.05, 0.1) is 10.5 Å². The number of sulfonamides is 1. The molecule has 1 saturated heterocycles. The summed E-state index contributed by atoms with van der Waals surface area (Å²) in [6.07, 6.45) is 1.96. The SMILES string of the molecule is CCSc1ccccc1C(=O)Nc1ccc(S(=O)(=O)N2CCCC(C)C2)cc1. The van der Waals surface area contributed by atoms with Crippen LogP contribution in [0.2, 0.25) is 0 Å². The maximum Gasteiger partial charge on any atom is 0.256 e. The fourth-order valence-electron chi connectivity index (χ4n) is 3.36. The first-order chi connectivity index (χ1) is 13.4. The van der Waals surface area contributed by atoms with Crippen molar-refractivity contribution in [2.24, 2.45) is 5.92 Å². The van der Waals surface area contributed by atoms with Gasteiger partial charge in [0.15, 0.2) is 0 Å². The molecule has 1 unspecified atom stereocenters. The third-order valence-corrected chi connectivity index (χ3v) is 7.64. The molecular weight excluding hydrogens is 392 g/mol. The Labute approximate surface area is 171 Å². The van der Waals surface area contributed by atoms with Crippen LogP contribution >= 0.6 is 11.8 Å². The molecule has 0 saturated carbocycles. The summed E-state index contributed by atoms with van der Waals surface area (Å²) in [5, 5.41) is 2.86. The molecule has 1 fully saturated rings. The molecule has 2 aromatic carbocycles. The fourth-order valence-corrected chi connectivity index (χ4v) is 5.76. The molecule has 7 heteroatoms. The summed E-state index contributed by atoms with van der Waals surface area (Å²) in [7, 11) is -3.49. The van der Waals surface area contributed by atoms with Gasteiger partial charge in [0.1, 0.15) is 0 Å². The van der Waals surface area contributed by atoms with Crippen molar-refractivity contribution in [1.82, 2.24) is 4.31 Å². The van der Waals surface area contributed by atoms with Crippen molar-refractivity contribution in [2.75, 3.05) is 24.2 Å². The number of amides is 1. The highest BCUT2D eigenvalue weighted by atomic mass is 32.2. The Morgan fingerprint density at radius 3 is 2.57 bits per heavy atom. The van der Waals surface area contributed by atoms with E-state index in [2.05, 4.69) is 12.2 Å². The van der Waals surface area contributed by atoms with Crippen molar-refractivity contribution < 1.29 is 13.2 Å². The molecule has 0 spiro atoms. The van der Waals surface area contributed by atoms with Gasteiger partial charge >= 0.3 is 0 Å². The van der Waals surface area contributed by atoms with Crippen LogP contribution in [0, 0.1) is 5.92 Å². The second-order valence-electron chi connectivity index (χ2n) is 7.02. The molecule has 1 aliphatic rings. The molecule has 1 aliphatic heterocycles. The Balaban J connectivity index is 1.73. The van der Waals surface area contributed by atoms with Crippen molar-refractivity contribution in [2.45, 2.75) is 36.5 Å². The smallest absolute Gasteiger partial charge is 0.256 e. The maximum atomic E-state index is 12.8. The Hall–Kier alpha value is -1.83. The van der Waals surface area contributed by atoms with E-state index in [0.29, 0.717) is 30.3 Å². The molecule has 150 valence electrons. The van der Waals surface area contributed by atoms with E-state index in [4.69, 9.17) is 0 Å². The van der Waals surface area contributed by atoms with E-state index in [9.17, 15) is 13.2 Å². The molecule has 3 rings (SSSR count). The topological polar surface area (TPSA) is 66.5 Å². The summed E-state index contributed by atoms with van der Waals surface area (Å²) in [5.41, 5.74) is 1.20. The Morgan fingerprint density at radius 2 is 1.89 bits per heavy atom. The van der Waals surface area contributed by atoms with Gasteiger partial charge in [-0.05, 0) is 60.9 Å². The lowest BCUT2D eigenvalue weighted by molar-refractivity contribution is 0.102. The van der Waals surface area contributed by atoms with Crippen LogP contribution in [0.1, 0.15) is 37.0 Å². The first kappa shape index (κ1) is 20.9. The summed E-state index contributed by atoms with van der Waals surface area (Å²) in [6.45, 7) is 5.25. The van der Waals surface area contributed by atoms with Crippen LogP contribution in [0.25, 0.3) is 0 Å². The summed E-state index contributed by atoms with van der Waals surface area (Å²) in [5.74, 6) is 1.06. The lowest BCUT2D eigenvalue weighted by Gasteiger charge is -2.30. The monoisotopic (exact) mass is 418 g/mol. The predicted molar refractivity (Wildman–Crippen MR) is 114 cm³/mol. The molecule has 0 aromatic heterocycles. The van der Waals surface area contributed by atoms with Crippen molar-refractivity contribution >= 4 is 33.4 Å². The van der Waals surface area contributed by atoms with Gasteiger partial charge in [-0.15, -0.1) is 11.8 Å². The van der Waals surface area contributed by atoms with Crippen LogP contribution in [0.3, 0.4) is 0 Å². The van der Waals surface area contributed by atoms with Crippen LogP contribution in [0.15, 0.2) is 58.3 Å². The number of nitrogens with one attached hydrogen (secondary N) is 1. The summed E-state index contributed by atoms with van der Waals surface area (Å²) >= 11 is 1.62. The summed E-state index contributed by atoms with van der Waals surface area (Å²) < 4.78 is 27.2. The molecule has 1 heterocycles. The largest absolute Gasteiger partial charge is 0.322 e. The standard InChI is InChI=1S/C21H26N2O3S2/c1-3-27-20-9-5-4-8-19(20)21(24)22-17-10-12-18(13-11-17)28(25,26)23-14-6-7-16(2)15-23/h4-5,8-13,16H,3,6-7,14-15H2,1-2H3,(H,22,24). The number of nitrogens with zero attached hydrogens (tertiary/aromatic N) is 1. The number of anilines is 1. The molecule has 5 nitrogen and oxygen atoms in total. The van der Waals surface area contributed by atoms with Crippen molar-refractivity contribution in [1.29, 1.82) is 0 Å². The number of hydrogen-bond acceptors (Lipinski definition) is 4. The number of rotatable bonds is 6. The second-order valence-corrected chi connectivity index (χ2v) is 10.3. The Bertz CT molecular complexity index is 927. The molecule has 0 bridgehead atoms. The van der Waals surface area contributed by atoms with E-state index in [1.54, 1.807) is 46.4 Å². The normalized spacial score (nSPS) is 18.0. The first-order valence-electron chi connectivity index (χ1n) is 9.55. The zero-order chi connectivity index (χ0) is 20.1. The van der Waals surface area contributed by atoms with Crippen LogP contribution < -0.4 is 5.32 Å². The van der Waals surface area contributed by atoms with Gasteiger partial charge < -0.3 is 5.32 Å². The van der Waals surface area contributed by atoms with Crippen LogP contribution in [-0.4, -0.2) is 37.5 Å². The Morgan fingerprint density at radius 1 is 1.18 bits per heavy atom. The third kappa shape index (κ3) is 4.77. The number of thioether (sulfide) groups is 1. The molecule has 0 radical (unpaired) electrons. The second kappa shape index (κ2) is 9.11. The van der Waals surface area contributed by atoms with E-state index in [-0.39, 0.29) is 10.8 Å². The van der Waals surface area contributed by atoms with Crippen molar-refractivity contribution in [3.8, 4) is 0 Å². The number of benzene rings is 2. The van der Waals surface area contributed by atoms with E-state index in [1.807, 2.05) is 25.1 Å². The molecule has 2 aromatic rings. The molecule has 1 atom stereocenters. The van der Waals surface area contributed by atoms with Gasteiger partial charge in [-0.3, -0.25) is 4.79 Å². The number of carbonyl (C=O) groups excluding carboxylic acids is 1. The Kier molecular flexibility index (Phi) is 6.80. The minimum absolute atomic E-state index is 0.197. The molecule has 28 heavy (non-hydrogen) atoms. The van der Waals surface area contributed by atoms with Crippen LogP contribution in [0.4, 0.5) is 5.69 Å². The van der Waals surface area contributed by atoms with Gasteiger partial charge in [-0.1, -0.05) is 26.0 Å². The van der Waals surface area contributed by atoms with E-state index >= 15 is 0 Å². The summed E-state index contributed by atoms with van der Waals surface area (Å²) in [6, 6.07) is 13.9. The molecule has 0 aliphatic carbocycles.